The summed E-state index contributed by atoms with van der Waals surface area (Å²) in [5.74, 6) is -0.902. The molecule has 1 aliphatic heterocycles. The van der Waals surface area contributed by atoms with Gasteiger partial charge in [-0.2, -0.15) is 0 Å². The first-order valence-electron chi connectivity index (χ1n) is 6.79. The molecule has 0 aliphatic carbocycles. The van der Waals surface area contributed by atoms with Crippen molar-refractivity contribution >= 4 is 17.6 Å². The SMILES string of the molecule is COCCCC(=O)N1CCCc2c(C(=O)O)cccc21. The number of benzene rings is 1. The van der Waals surface area contributed by atoms with E-state index in [0.717, 1.165) is 17.7 Å². The number of hydrogen-bond donors (Lipinski definition) is 1. The minimum absolute atomic E-state index is 0.0329. The number of hydrogen-bond acceptors (Lipinski definition) is 3. The van der Waals surface area contributed by atoms with Crippen molar-refractivity contribution < 1.29 is 19.4 Å². The predicted octanol–water partition coefficient (Wildman–Crippen LogP) is 2.09. The Morgan fingerprint density at radius 3 is 2.90 bits per heavy atom. The van der Waals surface area contributed by atoms with Crippen LogP contribution in [0.3, 0.4) is 0 Å². The average Bonchev–Trinajstić information content (AvgIpc) is 2.46. The van der Waals surface area contributed by atoms with Crippen molar-refractivity contribution in [3.63, 3.8) is 0 Å². The van der Waals surface area contributed by atoms with Crippen LogP contribution in [0.15, 0.2) is 18.2 Å². The summed E-state index contributed by atoms with van der Waals surface area (Å²) in [5.41, 5.74) is 1.82. The van der Waals surface area contributed by atoms with Crippen molar-refractivity contribution in [2.45, 2.75) is 25.7 Å². The van der Waals surface area contributed by atoms with Crippen LogP contribution in [0.5, 0.6) is 0 Å². The molecule has 1 amide bonds. The maximum absolute atomic E-state index is 12.2. The first kappa shape index (κ1) is 14.5. The lowest BCUT2D eigenvalue weighted by Gasteiger charge is -2.30. The van der Waals surface area contributed by atoms with E-state index in [1.165, 1.54) is 0 Å². The zero-order valence-electron chi connectivity index (χ0n) is 11.6. The topological polar surface area (TPSA) is 66.8 Å². The van der Waals surface area contributed by atoms with Gasteiger partial charge >= 0.3 is 5.97 Å². The number of aromatic carboxylic acids is 1. The number of methoxy groups -OCH3 is 1. The lowest BCUT2D eigenvalue weighted by atomic mass is 9.96. The van der Waals surface area contributed by atoms with E-state index >= 15 is 0 Å². The summed E-state index contributed by atoms with van der Waals surface area (Å²) in [6.07, 6.45) is 2.61. The second kappa shape index (κ2) is 6.52. The summed E-state index contributed by atoms with van der Waals surface area (Å²) in [7, 11) is 1.61. The summed E-state index contributed by atoms with van der Waals surface area (Å²) in [5, 5.41) is 9.22. The summed E-state index contributed by atoms with van der Waals surface area (Å²) < 4.78 is 4.95. The molecule has 20 heavy (non-hydrogen) atoms. The first-order chi connectivity index (χ1) is 9.65. The van der Waals surface area contributed by atoms with Gasteiger partial charge in [0.2, 0.25) is 5.91 Å². The maximum Gasteiger partial charge on any atom is 0.336 e. The van der Waals surface area contributed by atoms with Crippen LogP contribution in [-0.4, -0.2) is 37.2 Å². The fourth-order valence-electron chi connectivity index (χ4n) is 2.59. The average molecular weight is 277 g/mol. The van der Waals surface area contributed by atoms with Crippen LogP contribution in [0.4, 0.5) is 5.69 Å². The molecular formula is C15H19NO4. The van der Waals surface area contributed by atoms with Gasteiger partial charge in [0.05, 0.1) is 5.56 Å². The third-order valence-corrected chi connectivity index (χ3v) is 3.52. The van der Waals surface area contributed by atoms with E-state index in [1.54, 1.807) is 24.1 Å². The molecule has 5 heteroatoms. The fourth-order valence-corrected chi connectivity index (χ4v) is 2.59. The van der Waals surface area contributed by atoms with E-state index in [9.17, 15) is 14.7 Å². The number of nitrogens with zero attached hydrogens (tertiary/aromatic N) is 1. The molecule has 1 aromatic carbocycles. The van der Waals surface area contributed by atoms with E-state index in [-0.39, 0.29) is 5.91 Å². The normalized spacial score (nSPS) is 13.9. The number of ether oxygens (including phenoxy) is 1. The number of amides is 1. The van der Waals surface area contributed by atoms with Crippen molar-refractivity contribution in [1.29, 1.82) is 0 Å². The number of fused-ring (bicyclic) bond motifs is 1. The summed E-state index contributed by atoms with van der Waals surface area (Å²) >= 11 is 0. The van der Waals surface area contributed by atoms with Gasteiger partial charge in [-0.05, 0) is 37.0 Å². The molecule has 2 rings (SSSR count). The van der Waals surface area contributed by atoms with Crippen molar-refractivity contribution in [2.24, 2.45) is 0 Å². The molecular weight excluding hydrogens is 258 g/mol. The lowest BCUT2D eigenvalue weighted by Crippen LogP contribution is -2.36. The molecule has 0 fully saturated rings. The molecule has 108 valence electrons. The molecule has 5 nitrogen and oxygen atoms in total. The van der Waals surface area contributed by atoms with E-state index in [1.807, 2.05) is 6.07 Å². The minimum Gasteiger partial charge on any atom is -0.478 e. The van der Waals surface area contributed by atoms with E-state index in [0.29, 0.717) is 38.0 Å². The third-order valence-electron chi connectivity index (χ3n) is 3.52. The van der Waals surface area contributed by atoms with Crippen LogP contribution in [0.2, 0.25) is 0 Å². The first-order valence-corrected chi connectivity index (χ1v) is 6.79. The van der Waals surface area contributed by atoms with Gasteiger partial charge in [-0.1, -0.05) is 6.07 Å². The van der Waals surface area contributed by atoms with E-state index in [2.05, 4.69) is 0 Å². The third kappa shape index (κ3) is 2.99. The molecule has 0 aromatic heterocycles. The standard InChI is InChI=1S/C15H19NO4/c1-20-10-4-8-14(17)16-9-3-6-11-12(15(18)19)5-2-7-13(11)16/h2,5,7H,3-4,6,8-10H2,1H3,(H,18,19). The predicted molar refractivity (Wildman–Crippen MR) is 75.2 cm³/mol. The van der Waals surface area contributed by atoms with E-state index in [4.69, 9.17) is 4.74 Å². The molecule has 1 N–H and O–H groups in total. The second-order valence-corrected chi connectivity index (χ2v) is 4.85. The lowest BCUT2D eigenvalue weighted by molar-refractivity contribution is -0.119. The van der Waals surface area contributed by atoms with Crippen LogP contribution in [0, 0.1) is 0 Å². The summed E-state index contributed by atoms with van der Waals surface area (Å²) in [6, 6.07) is 5.12. The molecule has 1 aliphatic rings. The molecule has 0 atom stereocenters. The summed E-state index contributed by atoms with van der Waals surface area (Å²) in [4.78, 5) is 25.2. The highest BCUT2D eigenvalue weighted by molar-refractivity contribution is 5.98. The highest BCUT2D eigenvalue weighted by atomic mass is 16.5. The molecule has 1 heterocycles. The Labute approximate surface area is 118 Å². The monoisotopic (exact) mass is 277 g/mol. The minimum atomic E-state index is -0.935. The number of rotatable bonds is 5. The van der Waals surface area contributed by atoms with Gasteiger partial charge in [0.15, 0.2) is 0 Å². The smallest absolute Gasteiger partial charge is 0.336 e. The van der Waals surface area contributed by atoms with Gasteiger partial charge in [0.25, 0.3) is 0 Å². The number of carbonyl (C=O) groups is 2. The Kier molecular flexibility index (Phi) is 4.74. The Balaban J connectivity index is 2.22. The van der Waals surface area contributed by atoms with Gasteiger partial charge in [0.1, 0.15) is 0 Å². The Hall–Kier alpha value is -1.88. The molecule has 0 spiro atoms. The Bertz CT molecular complexity index is 513. The largest absolute Gasteiger partial charge is 0.478 e. The molecule has 0 saturated carbocycles. The second-order valence-electron chi connectivity index (χ2n) is 4.85. The molecule has 0 unspecified atom stereocenters. The number of carboxylic acid groups (broad SMARTS) is 1. The highest BCUT2D eigenvalue weighted by Crippen LogP contribution is 2.30. The number of anilines is 1. The Morgan fingerprint density at radius 1 is 1.40 bits per heavy atom. The van der Waals surface area contributed by atoms with Gasteiger partial charge in [-0.25, -0.2) is 4.79 Å². The van der Waals surface area contributed by atoms with Crippen molar-refractivity contribution in [3.05, 3.63) is 29.3 Å². The van der Waals surface area contributed by atoms with Crippen LogP contribution in [-0.2, 0) is 16.0 Å². The molecule has 0 bridgehead atoms. The van der Waals surface area contributed by atoms with Gasteiger partial charge < -0.3 is 14.7 Å². The summed E-state index contributed by atoms with van der Waals surface area (Å²) in [6.45, 7) is 1.21. The Morgan fingerprint density at radius 2 is 2.20 bits per heavy atom. The van der Waals surface area contributed by atoms with Crippen molar-refractivity contribution in [3.8, 4) is 0 Å². The highest BCUT2D eigenvalue weighted by Gasteiger charge is 2.25. The zero-order valence-corrected chi connectivity index (χ0v) is 11.6. The fraction of sp³-hybridized carbons (Fsp3) is 0.467. The number of carboxylic acids is 1. The van der Waals surface area contributed by atoms with Crippen LogP contribution < -0.4 is 4.90 Å². The molecule has 0 radical (unpaired) electrons. The molecule has 1 aromatic rings. The van der Waals surface area contributed by atoms with E-state index < -0.39 is 5.97 Å². The maximum atomic E-state index is 12.2. The van der Waals surface area contributed by atoms with Gasteiger partial charge in [0, 0.05) is 32.4 Å². The van der Waals surface area contributed by atoms with Crippen LogP contribution >= 0.6 is 0 Å². The zero-order chi connectivity index (χ0) is 14.5. The molecule has 0 saturated heterocycles. The number of carbonyl (C=O) groups excluding carboxylic acids is 1. The van der Waals surface area contributed by atoms with Crippen molar-refractivity contribution in [1.82, 2.24) is 0 Å². The quantitative estimate of drug-likeness (QED) is 0.837. The van der Waals surface area contributed by atoms with Gasteiger partial charge in [-0.3, -0.25) is 4.79 Å². The van der Waals surface area contributed by atoms with Crippen LogP contribution in [0.1, 0.15) is 35.2 Å². The van der Waals surface area contributed by atoms with Crippen LogP contribution in [0.25, 0.3) is 0 Å². The van der Waals surface area contributed by atoms with Gasteiger partial charge in [-0.15, -0.1) is 0 Å². The van der Waals surface area contributed by atoms with Crippen molar-refractivity contribution in [2.75, 3.05) is 25.2 Å².